The van der Waals surface area contributed by atoms with Crippen LogP contribution in [0.1, 0.15) is 32.3 Å². The minimum absolute atomic E-state index is 0.0336. The second-order valence-corrected chi connectivity index (χ2v) is 5.11. The summed E-state index contributed by atoms with van der Waals surface area (Å²) in [4.78, 5) is 23.1. The van der Waals surface area contributed by atoms with Gasteiger partial charge in [0.25, 0.3) is 0 Å². The maximum atomic E-state index is 11.7. The molecule has 1 heterocycles. The van der Waals surface area contributed by atoms with Gasteiger partial charge >= 0.3 is 5.97 Å². The molecule has 0 bridgehead atoms. The molecular weight excluding hydrogens is 256 g/mol. The predicted octanol–water partition coefficient (Wildman–Crippen LogP) is 2.46. The van der Waals surface area contributed by atoms with Crippen LogP contribution in [0.15, 0.2) is 18.2 Å². The van der Waals surface area contributed by atoms with Gasteiger partial charge in [-0.3, -0.25) is 4.79 Å². The first kappa shape index (κ1) is 14.4. The van der Waals surface area contributed by atoms with E-state index in [4.69, 9.17) is 4.74 Å². The summed E-state index contributed by atoms with van der Waals surface area (Å²) in [6.07, 6.45) is 1.04. The van der Waals surface area contributed by atoms with Crippen molar-refractivity contribution in [2.24, 2.45) is 0 Å². The number of esters is 1. The van der Waals surface area contributed by atoms with E-state index in [1.54, 1.807) is 6.92 Å². The first-order valence-electron chi connectivity index (χ1n) is 6.87. The Bertz CT molecular complexity index is 528. The fraction of sp³-hybridized carbons (Fsp3) is 0.467. The fourth-order valence-corrected chi connectivity index (χ4v) is 2.17. The number of amides is 1. The zero-order valence-corrected chi connectivity index (χ0v) is 12.0. The lowest BCUT2D eigenvalue weighted by Gasteiger charge is -2.14. The van der Waals surface area contributed by atoms with E-state index in [2.05, 4.69) is 10.6 Å². The van der Waals surface area contributed by atoms with Crippen LogP contribution in [-0.4, -0.2) is 24.0 Å². The van der Waals surface area contributed by atoms with Crippen LogP contribution in [-0.2, 0) is 14.3 Å². The number of ether oxygens (including phenoxy) is 1. The fourth-order valence-electron chi connectivity index (χ4n) is 2.17. The predicted molar refractivity (Wildman–Crippen MR) is 77.7 cm³/mol. The standard InChI is InChI=1S/C15H20N2O3/c1-4-14(18)16-11-6-5-9(2)12(8-11)17-13-7-10(3)20-15(13)19/h5-6,8,10,13,17H,4,7H2,1-3H3,(H,16,18)/t10-,13-/m0/s1. The summed E-state index contributed by atoms with van der Waals surface area (Å²) in [5.74, 6) is -0.256. The van der Waals surface area contributed by atoms with E-state index in [0.29, 0.717) is 12.8 Å². The van der Waals surface area contributed by atoms with Crippen LogP contribution in [0.4, 0.5) is 11.4 Å². The summed E-state index contributed by atoms with van der Waals surface area (Å²) in [6.45, 7) is 5.64. The smallest absolute Gasteiger partial charge is 0.328 e. The van der Waals surface area contributed by atoms with Crippen molar-refractivity contribution in [3.8, 4) is 0 Å². The normalized spacial score (nSPS) is 21.4. The molecule has 1 saturated heterocycles. The topological polar surface area (TPSA) is 67.4 Å². The van der Waals surface area contributed by atoms with E-state index < -0.39 is 0 Å². The SMILES string of the molecule is CCC(=O)Nc1ccc(C)c(N[C@H]2C[C@H](C)OC2=O)c1. The highest BCUT2D eigenvalue weighted by atomic mass is 16.6. The van der Waals surface area contributed by atoms with E-state index in [1.165, 1.54) is 0 Å². The van der Waals surface area contributed by atoms with Crippen molar-refractivity contribution in [2.45, 2.75) is 45.8 Å². The average molecular weight is 276 g/mol. The molecule has 1 aliphatic heterocycles. The van der Waals surface area contributed by atoms with Gasteiger partial charge in [0.05, 0.1) is 0 Å². The Morgan fingerprint density at radius 3 is 2.80 bits per heavy atom. The number of carbonyl (C=O) groups excluding carboxylic acids is 2. The molecule has 2 atom stereocenters. The lowest BCUT2D eigenvalue weighted by molar-refractivity contribution is -0.141. The lowest BCUT2D eigenvalue weighted by atomic mass is 10.1. The number of anilines is 2. The van der Waals surface area contributed by atoms with Crippen molar-refractivity contribution in [2.75, 3.05) is 10.6 Å². The summed E-state index contributed by atoms with van der Waals surface area (Å²) < 4.78 is 5.13. The van der Waals surface area contributed by atoms with E-state index in [9.17, 15) is 9.59 Å². The van der Waals surface area contributed by atoms with Crippen LogP contribution in [0.2, 0.25) is 0 Å². The molecule has 20 heavy (non-hydrogen) atoms. The minimum atomic E-state index is -0.319. The van der Waals surface area contributed by atoms with E-state index >= 15 is 0 Å². The number of hydrogen-bond donors (Lipinski definition) is 2. The Balaban J connectivity index is 2.12. The molecule has 0 saturated carbocycles. The number of rotatable bonds is 4. The molecule has 1 aliphatic rings. The van der Waals surface area contributed by atoms with Crippen LogP contribution >= 0.6 is 0 Å². The van der Waals surface area contributed by atoms with Gasteiger partial charge in [-0.05, 0) is 31.5 Å². The van der Waals surface area contributed by atoms with Crippen LogP contribution in [0.3, 0.4) is 0 Å². The van der Waals surface area contributed by atoms with Crippen LogP contribution in [0.25, 0.3) is 0 Å². The van der Waals surface area contributed by atoms with Gasteiger partial charge in [-0.2, -0.15) is 0 Å². The molecule has 0 unspecified atom stereocenters. The molecule has 0 spiro atoms. The zero-order valence-electron chi connectivity index (χ0n) is 12.0. The molecule has 5 heteroatoms. The van der Waals surface area contributed by atoms with Gasteiger partial charge in [0.2, 0.25) is 5.91 Å². The van der Waals surface area contributed by atoms with Crippen molar-refractivity contribution in [3.05, 3.63) is 23.8 Å². The van der Waals surface area contributed by atoms with Gasteiger partial charge in [0.15, 0.2) is 0 Å². The van der Waals surface area contributed by atoms with Crippen molar-refractivity contribution in [1.29, 1.82) is 0 Å². The van der Waals surface area contributed by atoms with Gasteiger partial charge in [0, 0.05) is 24.2 Å². The van der Waals surface area contributed by atoms with E-state index in [-0.39, 0.29) is 24.0 Å². The number of hydrogen-bond acceptors (Lipinski definition) is 4. The van der Waals surface area contributed by atoms with E-state index in [1.807, 2.05) is 32.0 Å². The van der Waals surface area contributed by atoms with Gasteiger partial charge in [0.1, 0.15) is 12.1 Å². The van der Waals surface area contributed by atoms with Crippen molar-refractivity contribution in [3.63, 3.8) is 0 Å². The number of benzene rings is 1. The third-order valence-electron chi connectivity index (χ3n) is 3.34. The van der Waals surface area contributed by atoms with Crippen molar-refractivity contribution >= 4 is 23.3 Å². The second-order valence-electron chi connectivity index (χ2n) is 5.11. The molecular formula is C15H20N2O3. The molecule has 2 N–H and O–H groups in total. The first-order chi connectivity index (χ1) is 9.49. The maximum absolute atomic E-state index is 11.7. The molecule has 0 radical (unpaired) electrons. The Morgan fingerprint density at radius 1 is 1.45 bits per heavy atom. The molecule has 0 aliphatic carbocycles. The molecule has 2 rings (SSSR count). The molecule has 5 nitrogen and oxygen atoms in total. The molecule has 108 valence electrons. The summed E-state index contributed by atoms with van der Waals surface area (Å²) in [5.41, 5.74) is 2.59. The Labute approximate surface area is 118 Å². The largest absolute Gasteiger partial charge is 0.461 e. The minimum Gasteiger partial charge on any atom is -0.461 e. The van der Waals surface area contributed by atoms with Gasteiger partial charge < -0.3 is 15.4 Å². The Morgan fingerprint density at radius 2 is 2.20 bits per heavy atom. The first-order valence-corrected chi connectivity index (χ1v) is 6.87. The number of aryl methyl sites for hydroxylation is 1. The summed E-state index contributed by atoms with van der Waals surface area (Å²) in [7, 11) is 0. The number of cyclic esters (lactones) is 1. The highest BCUT2D eigenvalue weighted by Crippen LogP contribution is 2.24. The van der Waals surface area contributed by atoms with Crippen molar-refractivity contribution < 1.29 is 14.3 Å². The third kappa shape index (κ3) is 3.29. The summed E-state index contributed by atoms with van der Waals surface area (Å²) in [6, 6.07) is 5.29. The molecule has 1 fully saturated rings. The van der Waals surface area contributed by atoms with Gasteiger partial charge in [-0.15, -0.1) is 0 Å². The lowest BCUT2D eigenvalue weighted by Crippen LogP contribution is -2.24. The van der Waals surface area contributed by atoms with Crippen LogP contribution in [0.5, 0.6) is 0 Å². The number of carbonyl (C=O) groups is 2. The second kappa shape index (κ2) is 5.94. The average Bonchev–Trinajstić information content (AvgIpc) is 2.71. The molecule has 1 aromatic rings. The van der Waals surface area contributed by atoms with E-state index in [0.717, 1.165) is 16.9 Å². The maximum Gasteiger partial charge on any atom is 0.328 e. The number of nitrogens with one attached hydrogen (secondary N) is 2. The Kier molecular flexibility index (Phi) is 4.27. The molecule has 1 amide bonds. The van der Waals surface area contributed by atoms with Crippen molar-refractivity contribution in [1.82, 2.24) is 0 Å². The zero-order chi connectivity index (χ0) is 14.7. The highest BCUT2D eigenvalue weighted by Gasteiger charge is 2.31. The van der Waals surface area contributed by atoms with Crippen LogP contribution in [0, 0.1) is 6.92 Å². The monoisotopic (exact) mass is 276 g/mol. The third-order valence-corrected chi connectivity index (χ3v) is 3.34. The Hall–Kier alpha value is -2.04. The highest BCUT2D eigenvalue weighted by molar-refractivity contribution is 5.91. The summed E-state index contributed by atoms with van der Waals surface area (Å²) >= 11 is 0. The quantitative estimate of drug-likeness (QED) is 0.829. The summed E-state index contributed by atoms with van der Waals surface area (Å²) in [5, 5.41) is 6.00. The van der Waals surface area contributed by atoms with Gasteiger partial charge in [-0.25, -0.2) is 4.79 Å². The molecule has 0 aromatic heterocycles. The van der Waals surface area contributed by atoms with Crippen LogP contribution < -0.4 is 10.6 Å². The molecule has 1 aromatic carbocycles. The van der Waals surface area contributed by atoms with Gasteiger partial charge in [-0.1, -0.05) is 13.0 Å².